The number of furan rings is 1. The van der Waals surface area contributed by atoms with Crippen molar-refractivity contribution >= 4 is 5.91 Å². The van der Waals surface area contributed by atoms with Crippen molar-refractivity contribution in [2.75, 3.05) is 13.1 Å². The Bertz CT molecular complexity index is 382. The van der Waals surface area contributed by atoms with Gasteiger partial charge < -0.3 is 4.42 Å². The molecule has 1 aromatic heterocycles. The Labute approximate surface area is 108 Å². The highest BCUT2D eigenvalue weighted by Crippen LogP contribution is 2.16. The summed E-state index contributed by atoms with van der Waals surface area (Å²) in [4.78, 5) is 13.8. The van der Waals surface area contributed by atoms with Gasteiger partial charge in [0, 0.05) is 5.56 Å². The van der Waals surface area contributed by atoms with Gasteiger partial charge in [-0.15, -0.1) is 0 Å². The number of carbonyl (C=O) groups is 1. The minimum Gasteiger partial charge on any atom is -0.454 e. The Hall–Kier alpha value is -1.33. The topological polar surface area (TPSA) is 71.5 Å². The largest absolute Gasteiger partial charge is 0.454 e. The van der Waals surface area contributed by atoms with Crippen molar-refractivity contribution in [3.05, 3.63) is 23.2 Å². The molecule has 102 valence electrons. The van der Waals surface area contributed by atoms with Crippen LogP contribution < -0.4 is 11.3 Å². The molecular weight excluding hydrogens is 230 g/mol. The number of nitrogen functional groups attached to an aromatic ring is 1. The van der Waals surface area contributed by atoms with Gasteiger partial charge in [-0.2, -0.15) is 0 Å². The number of amides is 1. The molecule has 0 aliphatic carbocycles. The smallest absolute Gasteiger partial charge is 0.301 e. The van der Waals surface area contributed by atoms with E-state index in [1.54, 1.807) is 0 Å². The number of carbonyl (C=O) groups excluding carboxylic acids is 1. The van der Waals surface area contributed by atoms with Crippen LogP contribution in [0.25, 0.3) is 0 Å². The number of aryl methyl sites for hydroxylation is 1. The first-order chi connectivity index (χ1) is 8.62. The second-order valence-corrected chi connectivity index (χ2v) is 4.47. The number of hydrogen-bond donors (Lipinski definition) is 2. The minimum atomic E-state index is -0.378. The summed E-state index contributed by atoms with van der Waals surface area (Å²) in [5.74, 6) is 5.85. The molecule has 0 saturated carbocycles. The maximum Gasteiger partial charge on any atom is 0.301 e. The Kier molecular flexibility index (Phi) is 5.88. The van der Waals surface area contributed by atoms with E-state index in [0.717, 1.165) is 43.8 Å². The first-order valence-corrected chi connectivity index (χ1v) is 6.44. The second-order valence-electron chi connectivity index (χ2n) is 4.47. The molecule has 1 aromatic rings. The lowest BCUT2D eigenvalue weighted by Crippen LogP contribution is -2.30. The molecule has 3 N–H and O–H groups in total. The summed E-state index contributed by atoms with van der Waals surface area (Å²) in [6.07, 6.45) is 2.21. The van der Waals surface area contributed by atoms with E-state index in [1.165, 1.54) is 0 Å². The summed E-state index contributed by atoms with van der Waals surface area (Å²) in [6.45, 7) is 8.96. The van der Waals surface area contributed by atoms with Crippen LogP contribution in [0.15, 0.2) is 10.5 Å². The molecule has 0 aromatic carbocycles. The summed E-state index contributed by atoms with van der Waals surface area (Å²) < 4.78 is 5.56. The summed E-state index contributed by atoms with van der Waals surface area (Å²) >= 11 is 0. The van der Waals surface area contributed by atoms with Crippen LogP contribution in [0, 0.1) is 6.92 Å². The second kappa shape index (κ2) is 7.18. The molecule has 1 rings (SSSR count). The fraction of sp³-hybridized carbons (Fsp3) is 0.615. The fourth-order valence-corrected chi connectivity index (χ4v) is 2.04. The van der Waals surface area contributed by atoms with Gasteiger partial charge in [0.05, 0.1) is 6.54 Å². The minimum absolute atomic E-state index is 0.306. The van der Waals surface area contributed by atoms with E-state index >= 15 is 0 Å². The Morgan fingerprint density at radius 2 is 2.00 bits per heavy atom. The Balaban J connectivity index is 2.74. The predicted octanol–water partition coefficient (Wildman–Crippen LogP) is 1.81. The Morgan fingerprint density at radius 1 is 1.39 bits per heavy atom. The van der Waals surface area contributed by atoms with Crippen LogP contribution in [0.5, 0.6) is 0 Å². The van der Waals surface area contributed by atoms with E-state index in [4.69, 9.17) is 10.3 Å². The monoisotopic (exact) mass is 253 g/mol. The van der Waals surface area contributed by atoms with E-state index in [1.807, 2.05) is 13.0 Å². The van der Waals surface area contributed by atoms with Gasteiger partial charge in [0.1, 0.15) is 5.76 Å². The molecule has 0 saturated heterocycles. The van der Waals surface area contributed by atoms with Crippen molar-refractivity contribution in [1.29, 1.82) is 0 Å². The Morgan fingerprint density at radius 3 is 2.50 bits per heavy atom. The lowest BCUT2D eigenvalue weighted by Gasteiger charge is -2.19. The van der Waals surface area contributed by atoms with Gasteiger partial charge >= 0.3 is 5.91 Å². The molecule has 0 spiro atoms. The molecule has 1 amide bonds. The standard InChI is InChI=1S/C13H23N3O2/c1-4-6-16(7-5-2)9-11-8-10(3)12(18-11)13(17)15-14/h8H,4-7,9,14H2,1-3H3,(H,15,17). The highest BCUT2D eigenvalue weighted by Gasteiger charge is 2.16. The van der Waals surface area contributed by atoms with E-state index in [-0.39, 0.29) is 5.91 Å². The molecule has 0 bridgehead atoms. The number of hydrogen-bond acceptors (Lipinski definition) is 4. The first kappa shape index (κ1) is 14.7. The van der Waals surface area contributed by atoms with Crippen molar-refractivity contribution in [1.82, 2.24) is 10.3 Å². The van der Waals surface area contributed by atoms with Crippen molar-refractivity contribution in [2.24, 2.45) is 5.84 Å². The van der Waals surface area contributed by atoms with E-state index < -0.39 is 0 Å². The molecule has 0 aliphatic heterocycles. The first-order valence-electron chi connectivity index (χ1n) is 6.44. The number of nitrogens with one attached hydrogen (secondary N) is 1. The van der Waals surface area contributed by atoms with Gasteiger partial charge in [-0.25, -0.2) is 5.84 Å². The van der Waals surface area contributed by atoms with Crippen molar-refractivity contribution in [3.8, 4) is 0 Å². The third-order valence-electron chi connectivity index (χ3n) is 2.77. The summed E-state index contributed by atoms with van der Waals surface area (Å²) in [6, 6.07) is 1.91. The van der Waals surface area contributed by atoms with Crippen molar-refractivity contribution in [3.63, 3.8) is 0 Å². The number of hydrazine groups is 1. The molecule has 18 heavy (non-hydrogen) atoms. The zero-order valence-corrected chi connectivity index (χ0v) is 11.5. The quantitative estimate of drug-likeness (QED) is 0.441. The summed E-state index contributed by atoms with van der Waals surface area (Å²) in [5.41, 5.74) is 2.91. The molecular formula is C13H23N3O2. The number of nitrogens with zero attached hydrogens (tertiary/aromatic N) is 1. The molecule has 1 heterocycles. The predicted molar refractivity (Wildman–Crippen MR) is 71.0 cm³/mol. The van der Waals surface area contributed by atoms with Gasteiger partial charge in [0.2, 0.25) is 0 Å². The maximum atomic E-state index is 11.4. The average Bonchev–Trinajstić information content (AvgIpc) is 2.70. The lowest BCUT2D eigenvalue weighted by molar-refractivity contribution is 0.0921. The van der Waals surface area contributed by atoms with Gasteiger partial charge in [-0.1, -0.05) is 13.8 Å². The zero-order valence-electron chi connectivity index (χ0n) is 11.5. The van der Waals surface area contributed by atoms with E-state index in [9.17, 15) is 4.79 Å². The van der Waals surface area contributed by atoms with Crippen LogP contribution in [0.2, 0.25) is 0 Å². The molecule has 5 heteroatoms. The summed E-state index contributed by atoms with van der Waals surface area (Å²) in [5, 5.41) is 0. The van der Waals surface area contributed by atoms with Gasteiger partial charge in [0.25, 0.3) is 0 Å². The van der Waals surface area contributed by atoms with Gasteiger partial charge in [-0.05, 0) is 38.9 Å². The van der Waals surface area contributed by atoms with Crippen molar-refractivity contribution < 1.29 is 9.21 Å². The van der Waals surface area contributed by atoms with Crippen LogP contribution in [0.4, 0.5) is 0 Å². The summed E-state index contributed by atoms with van der Waals surface area (Å²) in [7, 11) is 0. The highest BCUT2D eigenvalue weighted by molar-refractivity contribution is 5.92. The average molecular weight is 253 g/mol. The van der Waals surface area contributed by atoms with Crippen LogP contribution >= 0.6 is 0 Å². The number of rotatable bonds is 7. The van der Waals surface area contributed by atoms with Crippen molar-refractivity contribution in [2.45, 2.75) is 40.2 Å². The van der Waals surface area contributed by atoms with Crippen LogP contribution in [0.1, 0.15) is 48.6 Å². The van der Waals surface area contributed by atoms with E-state index in [2.05, 4.69) is 24.2 Å². The van der Waals surface area contributed by atoms with Crippen LogP contribution in [-0.2, 0) is 6.54 Å². The highest BCUT2D eigenvalue weighted by atomic mass is 16.4. The lowest BCUT2D eigenvalue weighted by atomic mass is 10.2. The van der Waals surface area contributed by atoms with Crippen LogP contribution in [-0.4, -0.2) is 23.9 Å². The number of nitrogens with two attached hydrogens (primary N) is 1. The fourth-order valence-electron chi connectivity index (χ4n) is 2.04. The maximum absolute atomic E-state index is 11.4. The normalized spacial score (nSPS) is 10.9. The zero-order chi connectivity index (χ0) is 13.5. The third kappa shape index (κ3) is 3.85. The molecule has 5 nitrogen and oxygen atoms in total. The van der Waals surface area contributed by atoms with Gasteiger partial charge in [0.15, 0.2) is 5.76 Å². The SMILES string of the molecule is CCCN(CCC)Cc1cc(C)c(C(=O)NN)o1. The molecule has 0 aliphatic rings. The van der Waals surface area contributed by atoms with Gasteiger partial charge in [-0.3, -0.25) is 15.1 Å². The molecule has 0 unspecified atom stereocenters. The molecule has 0 atom stereocenters. The molecule has 0 fully saturated rings. The van der Waals surface area contributed by atoms with E-state index in [0.29, 0.717) is 5.76 Å². The third-order valence-corrected chi connectivity index (χ3v) is 2.77. The molecule has 0 radical (unpaired) electrons. The van der Waals surface area contributed by atoms with Crippen LogP contribution in [0.3, 0.4) is 0 Å².